The molecule has 1 heterocycles. The summed E-state index contributed by atoms with van der Waals surface area (Å²) in [6.07, 6.45) is 0. The summed E-state index contributed by atoms with van der Waals surface area (Å²) in [6.45, 7) is 0.777. The quantitative estimate of drug-likeness (QED) is 0.589. The third-order valence-corrected chi connectivity index (χ3v) is 3.47. The summed E-state index contributed by atoms with van der Waals surface area (Å²) in [5, 5.41) is 9.85. The van der Waals surface area contributed by atoms with Crippen molar-refractivity contribution in [3.8, 4) is 0 Å². The maximum absolute atomic E-state index is 11.2. The van der Waals surface area contributed by atoms with Gasteiger partial charge in [-0.2, -0.15) is 0 Å². The Hall–Kier alpha value is -1.11. The zero-order valence-corrected chi connectivity index (χ0v) is 7.04. The zero-order valence-electron chi connectivity index (χ0n) is 6.22. The molecule has 1 rings (SSSR count). The Kier molecular flexibility index (Phi) is 2.05. The van der Waals surface area contributed by atoms with Crippen LogP contribution in [0.5, 0.6) is 0 Å². The molecule has 0 aromatic heterocycles. The average Bonchev–Trinajstić information content (AvgIpc) is 1.94. The van der Waals surface area contributed by atoms with Crippen LogP contribution in [-0.4, -0.2) is 36.4 Å². The molecule has 0 saturated carbocycles. The average molecular weight is 193 g/mol. The van der Waals surface area contributed by atoms with Gasteiger partial charge in [0, 0.05) is 0 Å². The minimum Gasteiger partial charge on any atom is -0.480 e. The van der Waals surface area contributed by atoms with Gasteiger partial charge in [0.1, 0.15) is 6.61 Å². The molecule has 1 aliphatic rings. The number of hydrogen-bond acceptors (Lipinski definition) is 5. The van der Waals surface area contributed by atoms with Gasteiger partial charge in [-0.25, -0.2) is 8.42 Å². The second-order valence-electron chi connectivity index (χ2n) is 2.28. The Morgan fingerprint density at radius 1 is 1.75 bits per heavy atom. The molecule has 0 saturated heterocycles. The summed E-state index contributed by atoms with van der Waals surface area (Å²) in [4.78, 5) is 14.8. The van der Waals surface area contributed by atoms with E-state index < -0.39 is 27.7 Å². The van der Waals surface area contributed by atoms with Gasteiger partial charge in [-0.05, 0) is 6.92 Å². The summed E-state index contributed by atoms with van der Waals surface area (Å²) in [5.74, 6) is -1.41. The molecular weight excluding hydrogens is 186 g/mol. The second-order valence-corrected chi connectivity index (χ2v) is 4.53. The first-order valence-corrected chi connectivity index (χ1v) is 4.64. The predicted molar refractivity (Wildman–Crippen MR) is 39.4 cm³/mol. The van der Waals surface area contributed by atoms with E-state index in [1.165, 1.54) is 6.92 Å². The Balaban J connectivity index is 3.11. The first kappa shape index (κ1) is 8.98. The predicted octanol–water partition coefficient (Wildman–Crippen LogP) is -0.782. The number of nitrogens with zero attached hydrogens (tertiary/aromatic N) is 1. The van der Waals surface area contributed by atoms with Gasteiger partial charge in [-0.15, -0.1) is 0 Å². The maximum Gasteiger partial charge on any atom is 0.326 e. The van der Waals surface area contributed by atoms with Gasteiger partial charge in [-0.1, -0.05) is 5.16 Å². The summed E-state index contributed by atoms with van der Waals surface area (Å²) in [6, 6.07) is 0. The van der Waals surface area contributed by atoms with E-state index in [-0.39, 0.29) is 5.04 Å². The summed E-state index contributed by atoms with van der Waals surface area (Å²) < 4.78 is 22.3. The molecule has 1 N–H and O–H groups in total. The number of hydrogen-bond donors (Lipinski definition) is 1. The lowest BCUT2D eigenvalue weighted by Gasteiger charge is -2.15. The summed E-state index contributed by atoms with van der Waals surface area (Å²) >= 11 is 0. The van der Waals surface area contributed by atoms with E-state index in [0.717, 1.165) is 0 Å². The van der Waals surface area contributed by atoms with Crippen LogP contribution in [0, 0.1) is 0 Å². The zero-order chi connectivity index (χ0) is 9.35. The lowest BCUT2D eigenvalue weighted by Crippen LogP contribution is -2.40. The van der Waals surface area contributed by atoms with Crippen molar-refractivity contribution >= 4 is 20.9 Å². The highest BCUT2D eigenvalue weighted by atomic mass is 32.2. The standard InChI is InChI=1S/C5H7NO5S/c1-3-6-11-2-4(5(7)8)12(3,9)10/h4H,2H2,1H3,(H,7,8). The van der Waals surface area contributed by atoms with E-state index in [1.54, 1.807) is 0 Å². The SMILES string of the molecule is CC1=NOCC(C(=O)O)S1(=O)=O. The molecule has 1 aliphatic heterocycles. The molecular formula is C5H7NO5S. The summed E-state index contributed by atoms with van der Waals surface area (Å²) in [7, 11) is -3.78. The minimum absolute atomic E-state index is 0.291. The monoisotopic (exact) mass is 193 g/mol. The van der Waals surface area contributed by atoms with Gasteiger partial charge in [0.25, 0.3) is 0 Å². The van der Waals surface area contributed by atoms with E-state index in [1.807, 2.05) is 0 Å². The van der Waals surface area contributed by atoms with Crippen molar-refractivity contribution in [3.05, 3.63) is 0 Å². The molecule has 0 aliphatic carbocycles. The Labute approximate surface area is 68.7 Å². The number of carboxylic acid groups (broad SMARTS) is 1. The third kappa shape index (κ3) is 1.27. The lowest BCUT2D eigenvalue weighted by atomic mass is 10.5. The molecule has 0 spiro atoms. The Morgan fingerprint density at radius 2 is 2.33 bits per heavy atom. The molecule has 0 bridgehead atoms. The summed E-state index contributed by atoms with van der Waals surface area (Å²) in [5.41, 5.74) is 0. The molecule has 6 nitrogen and oxygen atoms in total. The fourth-order valence-electron chi connectivity index (χ4n) is 0.747. The number of carboxylic acids is 1. The van der Waals surface area contributed by atoms with Crippen molar-refractivity contribution in [3.63, 3.8) is 0 Å². The fourth-order valence-corrected chi connectivity index (χ4v) is 1.82. The van der Waals surface area contributed by atoms with Crippen LogP contribution in [0.4, 0.5) is 0 Å². The molecule has 0 amide bonds. The highest BCUT2D eigenvalue weighted by Gasteiger charge is 2.38. The van der Waals surface area contributed by atoms with Crippen LogP contribution in [0.15, 0.2) is 5.16 Å². The van der Waals surface area contributed by atoms with Gasteiger partial charge >= 0.3 is 5.97 Å². The number of oxime groups is 1. The van der Waals surface area contributed by atoms with Crippen LogP contribution in [0.25, 0.3) is 0 Å². The molecule has 7 heteroatoms. The number of sulfone groups is 1. The van der Waals surface area contributed by atoms with Crippen LogP contribution in [0.1, 0.15) is 6.92 Å². The van der Waals surface area contributed by atoms with Crippen molar-refractivity contribution in [2.45, 2.75) is 12.2 Å². The van der Waals surface area contributed by atoms with E-state index in [2.05, 4.69) is 9.99 Å². The van der Waals surface area contributed by atoms with Crippen molar-refractivity contribution < 1.29 is 23.2 Å². The first-order valence-electron chi connectivity index (χ1n) is 3.09. The number of rotatable bonds is 1. The van der Waals surface area contributed by atoms with Crippen LogP contribution in [-0.2, 0) is 19.5 Å². The highest BCUT2D eigenvalue weighted by molar-refractivity contribution is 8.07. The molecule has 12 heavy (non-hydrogen) atoms. The van der Waals surface area contributed by atoms with Gasteiger partial charge < -0.3 is 9.94 Å². The van der Waals surface area contributed by atoms with Gasteiger partial charge in [-0.3, -0.25) is 4.79 Å². The molecule has 0 radical (unpaired) electrons. The molecule has 1 atom stereocenters. The maximum atomic E-state index is 11.2. The van der Waals surface area contributed by atoms with Crippen LogP contribution < -0.4 is 0 Å². The molecule has 0 fully saturated rings. The lowest BCUT2D eigenvalue weighted by molar-refractivity contribution is -0.137. The first-order chi connectivity index (χ1) is 5.46. The molecule has 68 valence electrons. The molecule has 0 aromatic rings. The van der Waals surface area contributed by atoms with E-state index in [9.17, 15) is 13.2 Å². The fraction of sp³-hybridized carbons (Fsp3) is 0.600. The van der Waals surface area contributed by atoms with Crippen molar-refractivity contribution in [2.24, 2.45) is 5.16 Å². The van der Waals surface area contributed by atoms with E-state index >= 15 is 0 Å². The van der Waals surface area contributed by atoms with Crippen LogP contribution in [0.2, 0.25) is 0 Å². The van der Waals surface area contributed by atoms with E-state index in [4.69, 9.17) is 5.11 Å². The number of aliphatic carboxylic acids is 1. The second kappa shape index (κ2) is 2.74. The van der Waals surface area contributed by atoms with Gasteiger partial charge in [0.15, 0.2) is 5.04 Å². The minimum atomic E-state index is -3.78. The normalized spacial score (nSPS) is 27.1. The molecule has 0 aromatic carbocycles. The van der Waals surface area contributed by atoms with Crippen molar-refractivity contribution in [2.75, 3.05) is 6.61 Å². The van der Waals surface area contributed by atoms with Gasteiger partial charge in [0.2, 0.25) is 15.1 Å². The van der Waals surface area contributed by atoms with E-state index in [0.29, 0.717) is 0 Å². The number of carbonyl (C=O) groups is 1. The smallest absolute Gasteiger partial charge is 0.326 e. The van der Waals surface area contributed by atoms with Gasteiger partial charge in [0.05, 0.1) is 0 Å². The van der Waals surface area contributed by atoms with Crippen molar-refractivity contribution in [1.82, 2.24) is 0 Å². The van der Waals surface area contributed by atoms with Crippen molar-refractivity contribution in [1.29, 1.82) is 0 Å². The topological polar surface area (TPSA) is 93.0 Å². The highest BCUT2D eigenvalue weighted by Crippen LogP contribution is 2.11. The Bertz CT molecular complexity index is 330. The molecule has 1 unspecified atom stereocenters. The third-order valence-electron chi connectivity index (χ3n) is 1.48. The van der Waals surface area contributed by atoms with Crippen LogP contribution >= 0.6 is 0 Å². The Morgan fingerprint density at radius 3 is 2.75 bits per heavy atom. The largest absolute Gasteiger partial charge is 0.480 e. The van der Waals surface area contributed by atoms with Crippen LogP contribution in [0.3, 0.4) is 0 Å².